The highest BCUT2D eigenvalue weighted by Gasteiger charge is 2.29. The molecule has 0 aliphatic carbocycles. The molecule has 0 spiro atoms. The minimum atomic E-state index is -3.28. The standard InChI is InChI=1S/C15H22N4O5S/c1-10-14(20)19(3)12-9-11(5-6-13(12)24-10)17-15(21)16-7-8-18(2)25(4,22)23/h5-6,9-10H,7-8H2,1-4H3,(H2,16,17,21)/t10-/m1/s1. The van der Waals surface area contributed by atoms with Gasteiger partial charge in [-0.15, -0.1) is 0 Å². The van der Waals surface area contributed by atoms with Gasteiger partial charge in [-0.1, -0.05) is 0 Å². The minimum Gasteiger partial charge on any atom is -0.479 e. The van der Waals surface area contributed by atoms with E-state index in [0.717, 1.165) is 10.6 Å². The monoisotopic (exact) mass is 370 g/mol. The Bertz CT molecular complexity index is 780. The normalized spacial score (nSPS) is 17.1. The molecule has 1 aliphatic rings. The number of nitrogens with zero attached hydrogens (tertiary/aromatic N) is 2. The minimum absolute atomic E-state index is 0.166. The van der Waals surface area contributed by atoms with Crippen molar-refractivity contribution in [1.82, 2.24) is 9.62 Å². The topological polar surface area (TPSA) is 108 Å². The molecule has 25 heavy (non-hydrogen) atoms. The average Bonchev–Trinajstić information content (AvgIpc) is 2.52. The third-order valence-corrected chi connectivity index (χ3v) is 5.15. The van der Waals surface area contributed by atoms with Gasteiger partial charge >= 0.3 is 6.03 Å². The number of likely N-dealkylation sites (N-methyl/N-ethyl adjacent to an activating group) is 2. The van der Waals surface area contributed by atoms with Crippen molar-refractivity contribution in [2.45, 2.75) is 13.0 Å². The number of carbonyl (C=O) groups is 2. The van der Waals surface area contributed by atoms with Gasteiger partial charge in [0.1, 0.15) is 5.75 Å². The second kappa shape index (κ2) is 7.28. The molecule has 0 aromatic heterocycles. The van der Waals surface area contributed by atoms with Crippen LogP contribution in [0, 0.1) is 0 Å². The molecule has 9 nitrogen and oxygen atoms in total. The summed E-state index contributed by atoms with van der Waals surface area (Å²) in [6, 6.07) is 4.52. The van der Waals surface area contributed by atoms with Crippen LogP contribution in [0.5, 0.6) is 5.75 Å². The van der Waals surface area contributed by atoms with Gasteiger partial charge in [0.05, 0.1) is 11.9 Å². The van der Waals surface area contributed by atoms with Gasteiger partial charge in [-0.05, 0) is 25.1 Å². The van der Waals surface area contributed by atoms with E-state index in [9.17, 15) is 18.0 Å². The molecule has 1 aromatic rings. The quantitative estimate of drug-likeness (QED) is 0.782. The Kier molecular flexibility index (Phi) is 5.53. The van der Waals surface area contributed by atoms with Crippen LogP contribution in [0.2, 0.25) is 0 Å². The van der Waals surface area contributed by atoms with Crippen LogP contribution in [0.4, 0.5) is 16.2 Å². The maximum absolute atomic E-state index is 12.0. The Morgan fingerprint density at radius 1 is 1.40 bits per heavy atom. The molecule has 0 saturated carbocycles. The maximum atomic E-state index is 12.0. The summed E-state index contributed by atoms with van der Waals surface area (Å²) in [5, 5.41) is 5.21. The molecule has 2 N–H and O–H groups in total. The number of fused-ring (bicyclic) bond motifs is 1. The number of urea groups is 1. The van der Waals surface area contributed by atoms with Crippen molar-refractivity contribution in [2.24, 2.45) is 0 Å². The van der Waals surface area contributed by atoms with Crippen LogP contribution >= 0.6 is 0 Å². The number of benzene rings is 1. The molecule has 0 bridgehead atoms. The summed E-state index contributed by atoms with van der Waals surface area (Å²) in [7, 11) is -0.195. The highest BCUT2D eigenvalue weighted by Crippen LogP contribution is 2.35. The lowest BCUT2D eigenvalue weighted by Gasteiger charge is -2.30. The summed E-state index contributed by atoms with van der Waals surface area (Å²) >= 11 is 0. The first kappa shape index (κ1) is 19.0. The van der Waals surface area contributed by atoms with Crippen molar-refractivity contribution < 1.29 is 22.7 Å². The van der Waals surface area contributed by atoms with Crippen LogP contribution in [-0.4, -0.2) is 64.2 Å². The third-order valence-electron chi connectivity index (χ3n) is 3.84. The molecule has 3 amide bonds. The van der Waals surface area contributed by atoms with Gasteiger partial charge in [-0.3, -0.25) is 4.79 Å². The molecule has 1 heterocycles. The van der Waals surface area contributed by atoms with E-state index in [0.29, 0.717) is 17.1 Å². The van der Waals surface area contributed by atoms with Gasteiger partial charge in [0.15, 0.2) is 6.10 Å². The molecule has 138 valence electrons. The highest BCUT2D eigenvalue weighted by molar-refractivity contribution is 7.88. The van der Waals surface area contributed by atoms with Gasteiger partial charge in [0.2, 0.25) is 10.0 Å². The van der Waals surface area contributed by atoms with Gasteiger partial charge < -0.3 is 20.3 Å². The summed E-state index contributed by atoms with van der Waals surface area (Å²) in [4.78, 5) is 25.3. The predicted octanol–water partition coefficient (Wildman–Crippen LogP) is 0.443. The summed E-state index contributed by atoms with van der Waals surface area (Å²) < 4.78 is 29.2. The molecule has 2 rings (SSSR count). The van der Waals surface area contributed by atoms with Crippen LogP contribution in [0.3, 0.4) is 0 Å². The molecular weight excluding hydrogens is 348 g/mol. The molecule has 10 heteroatoms. The number of sulfonamides is 1. The first-order valence-electron chi connectivity index (χ1n) is 7.64. The number of carbonyl (C=O) groups excluding carboxylic acids is 2. The van der Waals surface area contributed by atoms with E-state index in [2.05, 4.69) is 10.6 Å². The maximum Gasteiger partial charge on any atom is 0.319 e. The highest BCUT2D eigenvalue weighted by atomic mass is 32.2. The largest absolute Gasteiger partial charge is 0.479 e. The van der Waals surface area contributed by atoms with E-state index in [1.54, 1.807) is 32.2 Å². The molecule has 1 aromatic carbocycles. The average molecular weight is 370 g/mol. The van der Waals surface area contributed by atoms with Crippen LogP contribution in [-0.2, 0) is 14.8 Å². The predicted molar refractivity (Wildman–Crippen MR) is 94.4 cm³/mol. The van der Waals surface area contributed by atoms with Crippen molar-refractivity contribution in [3.8, 4) is 5.75 Å². The number of anilines is 2. The van der Waals surface area contributed by atoms with Crippen molar-refractivity contribution in [2.75, 3.05) is 43.7 Å². The van der Waals surface area contributed by atoms with Crippen molar-refractivity contribution in [1.29, 1.82) is 0 Å². The third kappa shape index (κ3) is 4.60. The van der Waals surface area contributed by atoms with Crippen molar-refractivity contribution in [3.05, 3.63) is 18.2 Å². The number of hydrogen-bond acceptors (Lipinski definition) is 5. The van der Waals surface area contributed by atoms with Gasteiger partial charge in [0.25, 0.3) is 5.91 Å². The number of amides is 3. The Morgan fingerprint density at radius 2 is 2.08 bits per heavy atom. The number of ether oxygens (including phenoxy) is 1. The van der Waals surface area contributed by atoms with Crippen LogP contribution < -0.4 is 20.3 Å². The number of hydrogen-bond donors (Lipinski definition) is 2. The second-order valence-corrected chi connectivity index (χ2v) is 7.89. The smallest absolute Gasteiger partial charge is 0.319 e. The number of nitrogens with one attached hydrogen (secondary N) is 2. The molecule has 1 atom stereocenters. The lowest BCUT2D eigenvalue weighted by atomic mass is 10.2. The van der Waals surface area contributed by atoms with E-state index < -0.39 is 22.2 Å². The van der Waals surface area contributed by atoms with E-state index >= 15 is 0 Å². The zero-order chi connectivity index (χ0) is 18.8. The fraction of sp³-hybridized carbons (Fsp3) is 0.467. The molecule has 0 fully saturated rings. The van der Waals surface area contributed by atoms with E-state index in [4.69, 9.17) is 4.74 Å². The summed E-state index contributed by atoms with van der Waals surface area (Å²) in [6.07, 6.45) is 0.549. The Balaban J connectivity index is 1.95. The van der Waals surface area contributed by atoms with Gasteiger partial charge in [-0.25, -0.2) is 17.5 Å². The first-order chi connectivity index (χ1) is 11.6. The fourth-order valence-electron chi connectivity index (χ4n) is 2.26. The summed E-state index contributed by atoms with van der Waals surface area (Å²) in [5.74, 6) is 0.397. The summed E-state index contributed by atoms with van der Waals surface area (Å²) in [6.45, 7) is 2.01. The lowest BCUT2D eigenvalue weighted by Crippen LogP contribution is -2.42. The SMILES string of the molecule is C[C@H]1Oc2ccc(NC(=O)NCCN(C)S(C)(=O)=O)cc2N(C)C1=O. The van der Waals surface area contributed by atoms with Gasteiger partial charge in [-0.2, -0.15) is 0 Å². The van der Waals surface area contributed by atoms with Crippen LogP contribution in [0.15, 0.2) is 18.2 Å². The molecular formula is C15H22N4O5S. The second-order valence-electron chi connectivity index (χ2n) is 5.81. The van der Waals surface area contributed by atoms with Crippen LogP contribution in [0.25, 0.3) is 0 Å². The van der Waals surface area contributed by atoms with Gasteiger partial charge in [0, 0.05) is 32.9 Å². The fourth-order valence-corrected chi connectivity index (χ4v) is 2.68. The Morgan fingerprint density at radius 3 is 2.72 bits per heavy atom. The number of rotatable bonds is 5. The summed E-state index contributed by atoms with van der Waals surface area (Å²) in [5.41, 5.74) is 1.06. The molecule has 0 unspecified atom stereocenters. The zero-order valence-corrected chi connectivity index (χ0v) is 15.4. The molecule has 0 saturated heterocycles. The molecule has 0 radical (unpaired) electrons. The lowest BCUT2D eigenvalue weighted by molar-refractivity contribution is -0.125. The van der Waals surface area contributed by atoms with Crippen LogP contribution in [0.1, 0.15) is 6.92 Å². The Hall–Kier alpha value is -2.33. The van der Waals surface area contributed by atoms with E-state index in [1.807, 2.05) is 0 Å². The first-order valence-corrected chi connectivity index (χ1v) is 9.49. The van der Waals surface area contributed by atoms with Crippen molar-refractivity contribution >= 4 is 33.3 Å². The van der Waals surface area contributed by atoms with E-state index in [1.165, 1.54) is 11.9 Å². The molecule has 1 aliphatic heterocycles. The van der Waals surface area contributed by atoms with Crippen molar-refractivity contribution in [3.63, 3.8) is 0 Å². The zero-order valence-electron chi connectivity index (χ0n) is 14.6. The Labute approximate surface area is 147 Å². The van der Waals surface area contributed by atoms with E-state index in [-0.39, 0.29) is 19.0 Å².